The molecule has 0 spiro atoms. The van der Waals surface area contributed by atoms with Gasteiger partial charge in [-0.2, -0.15) is 0 Å². The van der Waals surface area contributed by atoms with Gasteiger partial charge in [0.05, 0.1) is 23.4 Å². The third kappa shape index (κ3) is 8.26. The van der Waals surface area contributed by atoms with Gasteiger partial charge in [-0.05, 0) is 19.5 Å². The minimum absolute atomic E-state index is 0. The minimum Gasteiger partial charge on any atom is -0.496 e. The maximum Gasteiger partial charge on any atom is 0.255 e. The van der Waals surface area contributed by atoms with Gasteiger partial charge in [0, 0.05) is 39.4 Å². The van der Waals surface area contributed by atoms with Crippen molar-refractivity contribution in [2.75, 3.05) is 53.2 Å². The summed E-state index contributed by atoms with van der Waals surface area (Å²) in [5, 5.41) is 3.19. The van der Waals surface area contributed by atoms with Crippen LogP contribution in [0.15, 0.2) is 12.1 Å². The Kier molecular flexibility index (Phi) is 14.1. The van der Waals surface area contributed by atoms with Crippen molar-refractivity contribution in [1.82, 2.24) is 10.2 Å². The van der Waals surface area contributed by atoms with E-state index < -0.39 is 0 Å². The Balaban J connectivity index is 0. The molecule has 6 nitrogen and oxygen atoms in total. The zero-order chi connectivity index (χ0) is 16.5. The number of nitrogen functional groups attached to an aromatic ring is 1. The average Bonchev–Trinajstić information content (AvgIpc) is 2.49. The maximum atomic E-state index is 12.2. The molecule has 0 atom stereocenters. The molecular weight excluding hydrogens is 377 g/mol. The normalized spacial score (nSPS) is 9.88. The van der Waals surface area contributed by atoms with E-state index in [1.165, 1.54) is 13.2 Å². The van der Waals surface area contributed by atoms with Crippen LogP contribution in [0.3, 0.4) is 0 Å². The van der Waals surface area contributed by atoms with E-state index in [0.29, 0.717) is 28.6 Å². The lowest BCUT2D eigenvalue weighted by molar-refractivity contribution is 0.0946. The number of nitrogens with two attached hydrogens (primary N) is 1. The number of rotatable bonds is 9. The Bertz CT molecular complexity index is 504. The lowest BCUT2D eigenvalue weighted by Crippen LogP contribution is -2.33. The van der Waals surface area contributed by atoms with Crippen molar-refractivity contribution < 1.29 is 14.3 Å². The summed E-state index contributed by atoms with van der Waals surface area (Å²) in [6, 6.07) is 3.07. The average molecular weight is 403 g/mol. The highest BCUT2D eigenvalue weighted by molar-refractivity contribution is 6.33. The van der Waals surface area contributed by atoms with E-state index in [1.54, 1.807) is 13.2 Å². The lowest BCUT2D eigenvalue weighted by Gasteiger charge is -2.17. The second-order valence-electron chi connectivity index (χ2n) is 4.98. The number of nitrogens with one attached hydrogen (secondary N) is 1. The number of anilines is 1. The van der Waals surface area contributed by atoms with Crippen molar-refractivity contribution in [2.24, 2.45) is 0 Å². The van der Waals surface area contributed by atoms with Crippen molar-refractivity contribution in [3.63, 3.8) is 0 Å². The van der Waals surface area contributed by atoms with Gasteiger partial charge >= 0.3 is 0 Å². The van der Waals surface area contributed by atoms with E-state index >= 15 is 0 Å². The molecule has 0 unspecified atom stereocenters. The summed E-state index contributed by atoms with van der Waals surface area (Å²) in [4.78, 5) is 14.3. The van der Waals surface area contributed by atoms with E-state index in [0.717, 1.165) is 26.1 Å². The van der Waals surface area contributed by atoms with Crippen molar-refractivity contribution in [2.45, 2.75) is 6.42 Å². The molecule has 0 aliphatic carbocycles. The molecule has 1 rings (SSSR count). The predicted octanol–water partition coefficient (Wildman–Crippen LogP) is 2.47. The van der Waals surface area contributed by atoms with Gasteiger partial charge in [-0.1, -0.05) is 11.6 Å². The fourth-order valence-electron chi connectivity index (χ4n) is 1.96. The number of carbonyl (C=O) groups is 1. The summed E-state index contributed by atoms with van der Waals surface area (Å²) >= 11 is 5.96. The molecule has 0 fully saturated rings. The number of methoxy groups -OCH3 is 2. The fraction of sp³-hybridized carbons (Fsp3) is 0.533. The highest BCUT2D eigenvalue weighted by atomic mass is 35.5. The van der Waals surface area contributed by atoms with Crippen LogP contribution in [-0.2, 0) is 4.74 Å². The number of ether oxygens (including phenoxy) is 2. The summed E-state index contributed by atoms with van der Waals surface area (Å²) < 4.78 is 10.2. The number of hydrogen-bond acceptors (Lipinski definition) is 5. The van der Waals surface area contributed by atoms with Gasteiger partial charge in [0.1, 0.15) is 5.75 Å². The topological polar surface area (TPSA) is 76.8 Å². The van der Waals surface area contributed by atoms with Gasteiger partial charge < -0.3 is 25.4 Å². The van der Waals surface area contributed by atoms with Crippen molar-refractivity contribution in [3.8, 4) is 5.75 Å². The number of likely N-dealkylation sites (N-methyl/N-ethyl adjacent to an activating group) is 1. The molecular formula is C15H26Cl3N3O3. The summed E-state index contributed by atoms with van der Waals surface area (Å²) in [6.45, 7) is 2.94. The van der Waals surface area contributed by atoms with Crippen LogP contribution < -0.4 is 15.8 Å². The van der Waals surface area contributed by atoms with Gasteiger partial charge in [-0.25, -0.2) is 0 Å². The SMILES string of the molecule is COCCCN(C)CCNC(=O)c1cc(Cl)c(N)cc1OC.Cl.Cl. The molecule has 1 aromatic carbocycles. The van der Waals surface area contributed by atoms with Crippen molar-refractivity contribution >= 4 is 48.0 Å². The van der Waals surface area contributed by atoms with E-state index in [2.05, 4.69) is 10.2 Å². The second kappa shape index (κ2) is 13.4. The first kappa shape index (κ1) is 25.3. The monoisotopic (exact) mass is 401 g/mol. The molecule has 0 aromatic heterocycles. The van der Waals surface area contributed by atoms with Crippen molar-refractivity contribution in [1.29, 1.82) is 0 Å². The van der Waals surface area contributed by atoms with Crippen molar-refractivity contribution in [3.05, 3.63) is 22.7 Å². The van der Waals surface area contributed by atoms with Crippen LogP contribution in [0.2, 0.25) is 5.02 Å². The molecule has 0 radical (unpaired) electrons. The molecule has 0 saturated heterocycles. The van der Waals surface area contributed by atoms with Crippen LogP contribution in [0.4, 0.5) is 5.69 Å². The molecule has 1 amide bonds. The number of nitrogens with zero attached hydrogens (tertiary/aromatic N) is 1. The summed E-state index contributed by atoms with van der Waals surface area (Å²) in [5.41, 5.74) is 6.46. The lowest BCUT2D eigenvalue weighted by atomic mass is 10.1. The quantitative estimate of drug-likeness (QED) is 0.490. The molecule has 0 saturated carbocycles. The van der Waals surface area contributed by atoms with Crippen LogP contribution in [0.1, 0.15) is 16.8 Å². The Labute approximate surface area is 160 Å². The van der Waals surface area contributed by atoms with Gasteiger partial charge in [0.15, 0.2) is 0 Å². The first-order valence-electron chi connectivity index (χ1n) is 7.08. The highest BCUT2D eigenvalue weighted by Gasteiger charge is 2.14. The summed E-state index contributed by atoms with van der Waals surface area (Å²) in [7, 11) is 5.18. The van der Waals surface area contributed by atoms with E-state index in [-0.39, 0.29) is 30.7 Å². The smallest absolute Gasteiger partial charge is 0.255 e. The molecule has 3 N–H and O–H groups in total. The Morgan fingerprint density at radius 3 is 2.54 bits per heavy atom. The Hall–Kier alpha value is -0.920. The van der Waals surface area contributed by atoms with Gasteiger partial charge in [-0.15, -0.1) is 24.8 Å². The zero-order valence-electron chi connectivity index (χ0n) is 14.1. The number of hydrogen-bond donors (Lipinski definition) is 2. The molecule has 0 aliphatic heterocycles. The van der Waals surface area contributed by atoms with Gasteiger partial charge in [-0.3, -0.25) is 4.79 Å². The molecule has 0 bridgehead atoms. The number of benzene rings is 1. The number of amides is 1. The highest BCUT2D eigenvalue weighted by Crippen LogP contribution is 2.28. The third-order valence-corrected chi connectivity index (χ3v) is 3.56. The molecule has 24 heavy (non-hydrogen) atoms. The molecule has 0 heterocycles. The van der Waals surface area contributed by atoms with Crippen LogP contribution in [0, 0.1) is 0 Å². The van der Waals surface area contributed by atoms with E-state index in [4.69, 9.17) is 26.8 Å². The molecule has 1 aromatic rings. The third-order valence-electron chi connectivity index (χ3n) is 3.23. The van der Waals surface area contributed by atoms with E-state index in [1.807, 2.05) is 7.05 Å². The Morgan fingerprint density at radius 2 is 1.96 bits per heavy atom. The summed E-state index contributed by atoms with van der Waals surface area (Å²) in [5.74, 6) is 0.178. The number of carbonyl (C=O) groups excluding carboxylic acids is 1. The molecule has 0 aliphatic rings. The first-order valence-corrected chi connectivity index (χ1v) is 7.46. The predicted molar refractivity (Wildman–Crippen MR) is 103 cm³/mol. The first-order chi connectivity index (χ1) is 10.5. The maximum absolute atomic E-state index is 12.2. The zero-order valence-corrected chi connectivity index (χ0v) is 16.5. The van der Waals surface area contributed by atoms with Crippen LogP contribution in [-0.4, -0.2) is 58.3 Å². The van der Waals surface area contributed by atoms with Gasteiger partial charge in [0.2, 0.25) is 0 Å². The second-order valence-corrected chi connectivity index (χ2v) is 5.39. The fourth-order valence-corrected chi connectivity index (χ4v) is 2.13. The van der Waals surface area contributed by atoms with E-state index in [9.17, 15) is 4.79 Å². The van der Waals surface area contributed by atoms with Crippen LogP contribution in [0.25, 0.3) is 0 Å². The number of halogens is 3. The van der Waals surface area contributed by atoms with Crippen LogP contribution in [0.5, 0.6) is 5.75 Å². The van der Waals surface area contributed by atoms with Gasteiger partial charge in [0.25, 0.3) is 5.91 Å². The molecule has 140 valence electrons. The largest absolute Gasteiger partial charge is 0.496 e. The summed E-state index contributed by atoms with van der Waals surface area (Å²) in [6.07, 6.45) is 0.961. The Morgan fingerprint density at radius 1 is 1.29 bits per heavy atom. The standard InChI is InChI=1S/C15H24ClN3O3.2ClH/c1-19(6-4-8-21-2)7-5-18-15(20)11-9-12(16)13(17)10-14(11)22-3;;/h9-10H,4-8,17H2,1-3H3,(H,18,20);2*1H. The minimum atomic E-state index is -0.232. The molecule has 9 heteroatoms. The van der Waals surface area contributed by atoms with Crippen LogP contribution >= 0.6 is 36.4 Å².